The summed E-state index contributed by atoms with van der Waals surface area (Å²) in [5.41, 5.74) is 6.00. The molecule has 2 rings (SSSR count). The molecule has 32 heavy (non-hydrogen) atoms. The number of hydrogen-bond donors (Lipinski definition) is 2. The molecular weight excluding hydrogens is 417 g/mol. The first-order valence-electron chi connectivity index (χ1n) is 9.98. The van der Waals surface area contributed by atoms with Crippen LogP contribution in [0.15, 0.2) is 48.5 Å². The van der Waals surface area contributed by atoms with E-state index < -0.39 is 41.9 Å². The van der Waals surface area contributed by atoms with Gasteiger partial charge in [0.2, 0.25) is 5.91 Å². The molecule has 0 fully saturated rings. The number of carbonyl (C=O) groups is 3. The molecule has 0 heterocycles. The summed E-state index contributed by atoms with van der Waals surface area (Å²) in [7, 11) is 1.50. The zero-order valence-corrected chi connectivity index (χ0v) is 18.6. The maximum absolute atomic E-state index is 13.0. The van der Waals surface area contributed by atoms with Crippen LogP contribution in [-0.4, -0.2) is 43.2 Å². The van der Waals surface area contributed by atoms with E-state index in [1.807, 2.05) is 0 Å². The lowest BCUT2D eigenvalue weighted by molar-refractivity contribution is -0.125. The van der Waals surface area contributed by atoms with Gasteiger partial charge in [0.1, 0.15) is 17.2 Å². The molecule has 0 saturated carbocycles. The Morgan fingerprint density at radius 2 is 1.66 bits per heavy atom. The van der Waals surface area contributed by atoms with Gasteiger partial charge in [0, 0.05) is 0 Å². The van der Waals surface area contributed by atoms with Crippen molar-refractivity contribution in [3.05, 3.63) is 59.9 Å². The van der Waals surface area contributed by atoms with E-state index in [9.17, 15) is 18.8 Å². The van der Waals surface area contributed by atoms with Crippen molar-refractivity contribution in [3.63, 3.8) is 0 Å². The van der Waals surface area contributed by atoms with E-state index in [4.69, 9.17) is 15.2 Å². The molecule has 1 atom stereocenters. The van der Waals surface area contributed by atoms with Crippen LogP contribution in [-0.2, 0) is 20.7 Å². The second kappa shape index (κ2) is 10.7. The Kier molecular flexibility index (Phi) is 8.31. The Morgan fingerprint density at radius 1 is 1.06 bits per heavy atom. The van der Waals surface area contributed by atoms with Crippen LogP contribution in [0.1, 0.15) is 26.3 Å². The molecule has 0 spiro atoms. The highest BCUT2D eigenvalue weighted by molar-refractivity contribution is 6.13. The van der Waals surface area contributed by atoms with Crippen molar-refractivity contribution >= 4 is 23.6 Å². The first kappa shape index (κ1) is 24.8. The van der Waals surface area contributed by atoms with Crippen LogP contribution < -0.4 is 20.7 Å². The van der Waals surface area contributed by atoms with E-state index in [2.05, 4.69) is 5.32 Å². The number of nitrogens with zero attached hydrogens (tertiary/aromatic N) is 1. The molecule has 8 nitrogen and oxygen atoms in total. The molecule has 0 radical (unpaired) electrons. The summed E-state index contributed by atoms with van der Waals surface area (Å²) in [4.78, 5) is 38.7. The van der Waals surface area contributed by atoms with Gasteiger partial charge >= 0.3 is 6.09 Å². The molecule has 0 bridgehead atoms. The van der Waals surface area contributed by atoms with Gasteiger partial charge in [-0.15, -0.1) is 0 Å². The van der Waals surface area contributed by atoms with E-state index in [-0.39, 0.29) is 12.1 Å². The SMILES string of the molecule is COc1ccc(N(C(=O)CNC(=O)[C@@H](N)Cc2ccc(F)cc2)C(=O)OC(C)(C)C)cc1. The molecule has 0 aliphatic heterocycles. The number of benzene rings is 2. The second-order valence-corrected chi connectivity index (χ2v) is 8.06. The molecular formula is C23H28FN3O5. The van der Waals surface area contributed by atoms with Crippen LogP contribution in [0, 0.1) is 5.82 Å². The minimum absolute atomic E-state index is 0.161. The standard InChI is InChI=1S/C23H28FN3O5/c1-23(2,3)32-22(30)27(17-9-11-18(31-4)12-10-17)20(28)14-26-21(29)19(25)13-15-5-7-16(24)8-6-15/h5-12,19H,13-14,25H2,1-4H3,(H,26,29)/t19-/m0/s1. The van der Waals surface area contributed by atoms with Crippen LogP contribution in [0.3, 0.4) is 0 Å². The van der Waals surface area contributed by atoms with Gasteiger partial charge in [0.15, 0.2) is 0 Å². The zero-order chi connectivity index (χ0) is 23.9. The molecule has 0 aliphatic carbocycles. The number of nitrogens with one attached hydrogen (secondary N) is 1. The largest absolute Gasteiger partial charge is 0.497 e. The Labute approximate surface area is 186 Å². The third-order valence-corrected chi connectivity index (χ3v) is 4.28. The highest BCUT2D eigenvalue weighted by atomic mass is 19.1. The summed E-state index contributed by atoms with van der Waals surface area (Å²) in [5.74, 6) is -1.13. The average molecular weight is 445 g/mol. The number of carbonyl (C=O) groups excluding carboxylic acids is 3. The number of nitrogens with two attached hydrogens (primary N) is 1. The van der Waals surface area contributed by atoms with Crippen molar-refractivity contribution in [2.75, 3.05) is 18.6 Å². The monoisotopic (exact) mass is 445 g/mol. The fourth-order valence-electron chi connectivity index (χ4n) is 2.73. The van der Waals surface area contributed by atoms with Crippen molar-refractivity contribution in [2.45, 2.75) is 38.8 Å². The Bertz CT molecular complexity index is 940. The summed E-state index contributed by atoms with van der Waals surface area (Å²) in [6.45, 7) is 4.56. The predicted molar refractivity (Wildman–Crippen MR) is 118 cm³/mol. The van der Waals surface area contributed by atoms with Gasteiger partial charge in [-0.25, -0.2) is 14.1 Å². The van der Waals surface area contributed by atoms with Crippen LogP contribution >= 0.6 is 0 Å². The van der Waals surface area contributed by atoms with Gasteiger partial charge in [-0.05, 0) is 69.2 Å². The molecule has 3 N–H and O–H groups in total. The highest BCUT2D eigenvalue weighted by Gasteiger charge is 2.29. The molecule has 3 amide bonds. The van der Waals surface area contributed by atoms with Crippen LogP contribution in [0.25, 0.3) is 0 Å². The summed E-state index contributed by atoms with van der Waals surface area (Å²) in [5, 5.41) is 2.44. The van der Waals surface area contributed by atoms with Crippen LogP contribution in [0.5, 0.6) is 5.75 Å². The Morgan fingerprint density at radius 3 is 2.19 bits per heavy atom. The lowest BCUT2D eigenvalue weighted by Crippen LogP contribution is -2.49. The van der Waals surface area contributed by atoms with E-state index in [1.165, 1.54) is 43.5 Å². The van der Waals surface area contributed by atoms with E-state index in [0.717, 1.165) is 4.90 Å². The summed E-state index contributed by atoms with van der Waals surface area (Å²) >= 11 is 0. The van der Waals surface area contributed by atoms with Gasteiger partial charge in [-0.1, -0.05) is 12.1 Å². The lowest BCUT2D eigenvalue weighted by Gasteiger charge is -2.26. The first-order valence-corrected chi connectivity index (χ1v) is 9.98. The van der Waals surface area contributed by atoms with E-state index >= 15 is 0 Å². The number of amides is 3. The molecule has 172 valence electrons. The highest BCUT2D eigenvalue weighted by Crippen LogP contribution is 2.22. The van der Waals surface area contributed by atoms with Gasteiger partial charge in [0.25, 0.3) is 5.91 Å². The van der Waals surface area contributed by atoms with Crippen molar-refractivity contribution in [1.82, 2.24) is 5.32 Å². The number of anilines is 1. The average Bonchev–Trinajstić information content (AvgIpc) is 2.73. The molecule has 9 heteroatoms. The van der Waals surface area contributed by atoms with Gasteiger partial charge in [-0.3, -0.25) is 9.59 Å². The molecule has 0 aliphatic rings. The molecule has 0 saturated heterocycles. The number of imide groups is 1. The summed E-state index contributed by atoms with van der Waals surface area (Å²) in [6.07, 6.45) is -0.716. The van der Waals surface area contributed by atoms with E-state index in [1.54, 1.807) is 32.9 Å². The fourth-order valence-corrected chi connectivity index (χ4v) is 2.73. The number of halogens is 1. The summed E-state index contributed by atoms with van der Waals surface area (Å²) in [6, 6.07) is 10.9. The Balaban J connectivity index is 2.08. The third kappa shape index (κ3) is 7.35. The van der Waals surface area contributed by atoms with E-state index in [0.29, 0.717) is 11.3 Å². The van der Waals surface area contributed by atoms with Crippen molar-refractivity contribution < 1.29 is 28.2 Å². The summed E-state index contributed by atoms with van der Waals surface area (Å²) < 4.78 is 23.5. The normalized spacial score (nSPS) is 11.9. The maximum Gasteiger partial charge on any atom is 0.421 e. The van der Waals surface area contributed by atoms with Gasteiger partial charge in [-0.2, -0.15) is 0 Å². The van der Waals surface area contributed by atoms with Crippen LogP contribution in [0.2, 0.25) is 0 Å². The number of methoxy groups -OCH3 is 1. The van der Waals surface area contributed by atoms with Crippen molar-refractivity contribution in [2.24, 2.45) is 5.73 Å². The fraction of sp³-hybridized carbons (Fsp3) is 0.348. The molecule has 2 aromatic rings. The number of ether oxygens (including phenoxy) is 2. The quantitative estimate of drug-likeness (QED) is 0.678. The van der Waals surface area contributed by atoms with Crippen LogP contribution in [0.4, 0.5) is 14.9 Å². The number of hydrogen-bond acceptors (Lipinski definition) is 6. The third-order valence-electron chi connectivity index (χ3n) is 4.28. The second-order valence-electron chi connectivity index (χ2n) is 8.06. The van der Waals surface area contributed by atoms with Gasteiger partial charge in [0.05, 0.1) is 25.4 Å². The first-order chi connectivity index (χ1) is 15.0. The van der Waals surface area contributed by atoms with Crippen molar-refractivity contribution in [3.8, 4) is 5.75 Å². The van der Waals surface area contributed by atoms with Gasteiger partial charge < -0.3 is 20.5 Å². The molecule has 2 aromatic carbocycles. The minimum atomic E-state index is -0.954. The minimum Gasteiger partial charge on any atom is -0.497 e. The maximum atomic E-state index is 13.0. The lowest BCUT2D eigenvalue weighted by atomic mass is 10.1. The van der Waals surface area contributed by atoms with Crippen molar-refractivity contribution in [1.29, 1.82) is 0 Å². The Hall–Kier alpha value is -3.46. The smallest absolute Gasteiger partial charge is 0.421 e. The molecule has 0 unspecified atom stereocenters. The predicted octanol–water partition coefficient (Wildman–Crippen LogP) is 2.79. The zero-order valence-electron chi connectivity index (χ0n) is 18.6. The number of rotatable bonds is 7. The topological polar surface area (TPSA) is 111 Å². The molecule has 0 aromatic heterocycles.